The number of rotatable bonds is 3. The molecule has 2 nitrogen and oxygen atoms in total. The van der Waals surface area contributed by atoms with E-state index in [4.69, 9.17) is 5.26 Å². The van der Waals surface area contributed by atoms with Crippen LogP contribution in [0, 0.1) is 11.3 Å². The van der Waals surface area contributed by atoms with Gasteiger partial charge in [-0.2, -0.15) is 5.26 Å². The largest absolute Gasteiger partial charge is 0.295 e. The molecule has 0 aliphatic heterocycles. The maximum absolute atomic E-state index is 11.0. The van der Waals surface area contributed by atoms with E-state index in [0.29, 0.717) is 12.0 Å². The van der Waals surface area contributed by atoms with Crippen LogP contribution in [0.2, 0.25) is 0 Å². The summed E-state index contributed by atoms with van der Waals surface area (Å²) in [6, 6.07) is 9.14. The first-order valence-electron chi connectivity index (χ1n) is 4.47. The molecule has 0 bridgehead atoms. The van der Waals surface area contributed by atoms with Crippen molar-refractivity contribution in [1.82, 2.24) is 0 Å². The Labute approximate surface area is 83.5 Å². The quantitative estimate of drug-likeness (QED) is 0.679. The lowest BCUT2D eigenvalue weighted by atomic mass is 10.1. The van der Waals surface area contributed by atoms with Gasteiger partial charge in [0.2, 0.25) is 0 Å². The van der Waals surface area contributed by atoms with Gasteiger partial charge in [-0.25, -0.2) is 0 Å². The minimum atomic E-state index is 0.106. The van der Waals surface area contributed by atoms with Crippen molar-refractivity contribution in [3.63, 3.8) is 0 Å². The summed E-state index contributed by atoms with van der Waals surface area (Å²) in [6.07, 6.45) is 3.83. The van der Waals surface area contributed by atoms with Gasteiger partial charge in [0.25, 0.3) is 0 Å². The van der Waals surface area contributed by atoms with Crippen molar-refractivity contribution in [3.05, 3.63) is 41.5 Å². The van der Waals surface area contributed by atoms with Gasteiger partial charge in [-0.15, -0.1) is 0 Å². The Hall–Kier alpha value is -1.88. The van der Waals surface area contributed by atoms with Gasteiger partial charge < -0.3 is 0 Å². The van der Waals surface area contributed by atoms with Crippen LogP contribution in [0.3, 0.4) is 0 Å². The van der Waals surface area contributed by atoms with Crippen LogP contribution in [0.25, 0.3) is 6.08 Å². The third-order valence-electron chi connectivity index (χ3n) is 1.85. The number of ketones is 1. The predicted octanol–water partition coefficient (Wildman–Crippen LogP) is 2.55. The smallest absolute Gasteiger partial charge is 0.155 e. The number of carbonyl (C=O) groups is 1. The molecule has 0 aliphatic rings. The SMILES string of the molecule is CCC(=O)/C=C/c1ccc(C#N)cc1. The summed E-state index contributed by atoms with van der Waals surface area (Å²) in [4.78, 5) is 11.0. The second-order valence-corrected chi connectivity index (χ2v) is 2.89. The van der Waals surface area contributed by atoms with Crippen LogP contribution in [-0.2, 0) is 4.79 Å². The average Bonchev–Trinajstić information content (AvgIpc) is 2.26. The van der Waals surface area contributed by atoms with Gasteiger partial charge >= 0.3 is 0 Å². The summed E-state index contributed by atoms with van der Waals surface area (Å²) in [5.41, 5.74) is 1.56. The summed E-state index contributed by atoms with van der Waals surface area (Å²) >= 11 is 0. The number of nitrogens with zero attached hydrogens (tertiary/aromatic N) is 1. The number of hydrogen-bond donors (Lipinski definition) is 0. The Morgan fingerprint density at radius 3 is 2.57 bits per heavy atom. The van der Waals surface area contributed by atoms with E-state index >= 15 is 0 Å². The number of hydrogen-bond acceptors (Lipinski definition) is 2. The van der Waals surface area contributed by atoms with E-state index in [1.807, 2.05) is 25.1 Å². The molecule has 0 saturated heterocycles. The Morgan fingerprint density at radius 2 is 2.07 bits per heavy atom. The van der Waals surface area contributed by atoms with Gasteiger partial charge in [0.05, 0.1) is 11.6 Å². The molecule has 70 valence electrons. The van der Waals surface area contributed by atoms with Crippen LogP contribution >= 0.6 is 0 Å². The predicted molar refractivity (Wildman–Crippen MR) is 55.5 cm³/mol. The molecule has 0 atom stereocenters. The molecular weight excluding hydrogens is 174 g/mol. The van der Waals surface area contributed by atoms with Gasteiger partial charge in [0.15, 0.2) is 5.78 Å². The third-order valence-corrected chi connectivity index (χ3v) is 1.85. The molecule has 0 heterocycles. The van der Waals surface area contributed by atoms with E-state index in [0.717, 1.165) is 5.56 Å². The minimum absolute atomic E-state index is 0.106. The summed E-state index contributed by atoms with van der Waals surface area (Å²) in [6.45, 7) is 1.82. The van der Waals surface area contributed by atoms with Crippen LogP contribution in [0.4, 0.5) is 0 Å². The Bertz CT molecular complexity index is 382. The molecule has 0 N–H and O–H groups in total. The van der Waals surface area contributed by atoms with Crippen molar-refractivity contribution in [2.75, 3.05) is 0 Å². The lowest BCUT2D eigenvalue weighted by Crippen LogP contribution is -1.86. The maximum Gasteiger partial charge on any atom is 0.155 e. The van der Waals surface area contributed by atoms with Gasteiger partial charge in [0.1, 0.15) is 0 Å². The summed E-state index contributed by atoms with van der Waals surface area (Å²) in [7, 11) is 0. The Balaban J connectivity index is 2.74. The molecule has 14 heavy (non-hydrogen) atoms. The Morgan fingerprint density at radius 1 is 1.43 bits per heavy atom. The average molecular weight is 185 g/mol. The van der Waals surface area contributed by atoms with Crippen LogP contribution in [0.5, 0.6) is 0 Å². The summed E-state index contributed by atoms with van der Waals surface area (Å²) in [5, 5.41) is 8.56. The topological polar surface area (TPSA) is 40.9 Å². The van der Waals surface area contributed by atoms with Gasteiger partial charge in [0, 0.05) is 6.42 Å². The standard InChI is InChI=1S/C12H11NO/c1-2-12(14)8-7-10-3-5-11(9-13)6-4-10/h3-8H,2H2,1H3/b8-7+. The second-order valence-electron chi connectivity index (χ2n) is 2.89. The maximum atomic E-state index is 11.0. The zero-order valence-electron chi connectivity index (χ0n) is 8.03. The van der Waals surface area contributed by atoms with Crippen LogP contribution in [0.1, 0.15) is 24.5 Å². The van der Waals surface area contributed by atoms with Crippen LogP contribution in [-0.4, -0.2) is 5.78 Å². The Kier molecular flexibility index (Phi) is 3.63. The normalized spacial score (nSPS) is 10.0. The van der Waals surface area contributed by atoms with E-state index in [1.54, 1.807) is 24.3 Å². The molecule has 0 unspecified atom stereocenters. The lowest BCUT2D eigenvalue weighted by molar-refractivity contribution is -0.114. The third kappa shape index (κ3) is 2.87. The van der Waals surface area contributed by atoms with Crippen molar-refractivity contribution >= 4 is 11.9 Å². The van der Waals surface area contributed by atoms with Gasteiger partial charge in [-0.1, -0.05) is 25.1 Å². The molecule has 1 aromatic carbocycles. The molecule has 0 aliphatic carbocycles. The number of carbonyl (C=O) groups excluding carboxylic acids is 1. The van der Waals surface area contributed by atoms with Crippen molar-refractivity contribution < 1.29 is 4.79 Å². The fourth-order valence-corrected chi connectivity index (χ4v) is 0.976. The number of benzene rings is 1. The zero-order valence-corrected chi connectivity index (χ0v) is 8.03. The molecule has 0 saturated carbocycles. The summed E-state index contributed by atoms with van der Waals surface area (Å²) in [5.74, 6) is 0.106. The molecule has 0 radical (unpaired) electrons. The van der Waals surface area contributed by atoms with Crippen LogP contribution in [0.15, 0.2) is 30.3 Å². The highest BCUT2D eigenvalue weighted by atomic mass is 16.1. The van der Waals surface area contributed by atoms with Crippen LogP contribution < -0.4 is 0 Å². The van der Waals surface area contributed by atoms with Crippen molar-refractivity contribution in [2.45, 2.75) is 13.3 Å². The monoisotopic (exact) mass is 185 g/mol. The molecule has 1 aromatic rings. The van der Waals surface area contributed by atoms with Gasteiger partial charge in [-0.05, 0) is 23.8 Å². The number of nitriles is 1. The molecule has 2 heteroatoms. The molecule has 0 spiro atoms. The van der Waals surface area contributed by atoms with Crippen molar-refractivity contribution in [1.29, 1.82) is 5.26 Å². The second kappa shape index (κ2) is 4.98. The first-order valence-corrected chi connectivity index (χ1v) is 4.47. The number of allylic oxidation sites excluding steroid dienone is 1. The molecule has 1 rings (SSSR count). The first-order chi connectivity index (χ1) is 6.76. The fraction of sp³-hybridized carbons (Fsp3) is 0.167. The van der Waals surface area contributed by atoms with E-state index in [9.17, 15) is 4.79 Å². The molecule has 0 fully saturated rings. The highest BCUT2D eigenvalue weighted by Gasteiger charge is 1.91. The molecular formula is C12H11NO. The van der Waals surface area contributed by atoms with Crippen molar-refractivity contribution in [2.24, 2.45) is 0 Å². The summed E-state index contributed by atoms with van der Waals surface area (Å²) < 4.78 is 0. The minimum Gasteiger partial charge on any atom is -0.295 e. The van der Waals surface area contributed by atoms with E-state index in [2.05, 4.69) is 0 Å². The highest BCUT2D eigenvalue weighted by Crippen LogP contribution is 2.05. The van der Waals surface area contributed by atoms with E-state index in [1.165, 1.54) is 0 Å². The van der Waals surface area contributed by atoms with E-state index in [-0.39, 0.29) is 5.78 Å². The molecule has 0 amide bonds. The lowest BCUT2D eigenvalue weighted by Gasteiger charge is -1.92. The first kappa shape index (κ1) is 10.2. The van der Waals surface area contributed by atoms with E-state index < -0.39 is 0 Å². The van der Waals surface area contributed by atoms with Crippen molar-refractivity contribution in [3.8, 4) is 6.07 Å². The highest BCUT2D eigenvalue weighted by molar-refractivity contribution is 5.93. The van der Waals surface area contributed by atoms with Gasteiger partial charge in [-0.3, -0.25) is 4.79 Å². The molecule has 0 aromatic heterocycles. The fourth-order valence-electron chi connectivity index (χ4n) is 0.976. The zero-order chi connectivity index (χ0) is 10.4.